The van der Waals surface area contributed by atoms with E-state index in [-0.39, 0.29) is 16.2 Å². The Hall–Kier alpha value is -4.38. The number of nitrogens with two attached hydrogens (primary N) is 1. The van der Waals surface area contributed by atoms with Gasteiger partial charge in [-0.25, -0.2) is 13.4 Å². The van der Waals surface area contributed by atoms with Crippen LogP contribution in [0.3, 0.4) is 0 Å². The van der Waals surface area contributed by atoms with Gasteiger partial charge in [-0.15, -0.1) is 0 Å². The summed E-state index contributed by atoms with van der Waals surface area (Å²) < 4.78 is 40.7. The minimum Gasteiger partial charge on any atom is -0.496 e. The summed E-state index contributed by atoms with van der Waals surface area (Å²) in [4.78, 5) is 20.2. The van der Waals surface area contributed by atoms with Crippen molar-refractivity contribution in [1.29, 1.82) is 0 Å². The molecule has 0 aliphatic heterocycles. The number of nitrogens with one attached hydrogen (secondary N) is 1. The number of carbonyl (C=O) groups is 1. The lowest BCUT2D eigenvalue weighted by Crippen LogP contribution is -2.16. The van der Waals surface area contributed by atoms with Gasteiger partial charge in [0.2, 0.25) is 5.88 Å². The molecule has 4 aromatic rings. The standard InChI is InChI=1S/C23H21N5O5S/c1-15-25-21(28-11-3-4-12-28)14-22(26-15)33-17-7-5-16(6-8-17)27-34(30,31)18-9-10-20(32-2)19(13-18)23(24)29/h3-14,27H,1-2H3,(H2,24,29). The first-order valence-corrected chi connectivity index (χ1v) is 11.5. The zero-order chi connectivity index (χ0) is 24.3. The summed E-state index contributed by atoms with van der Waals surface area (Å²) in [5.74, 6) is 1.40. The van der Waals surface area contributed by atoms with Crippen molar-refractivity contribution in [1.82, 2.24) is 14.5 Å². The minimum atomic E-state index is -3.98. The SMILES string of the molecule is COc1ccc(S(=O)(=O)Nc2ccc(Oc3cc(-n4cccc4)nc(C)n3)cc2)cc1C(N)=O. The van der Waals surface area contributed by atoms with Crippen LogP contribution < -0.4 is 19.9 Å². The summed E-state index contributed by atoms with van der Waals surface area (Å²) in [5.41, 5.74) is 5.59. The zero-order valence-electron chi connectivity index (χ0n) is 18.3. The van der Waals surface area contributed by atoms with E-state index >= 15 is 0 Å². The van der Waals surface area contributed by atoms with Crippen LogP contribution in [-0.2, 0) is 10.0 Å². The molecule has 0 saturated carbocycles. The maximum absolute atomic E-state index is 12.8. The number of benzene rings is 2. The number of carbonyl (C=O) groups excluding carboxylic acids is 1. The molecule has 34 heavy (non-hydrogen) atoms. The first-order valence-electron chi connectivity index (χ1n) is 10.0. The number of sulfonamides is 1. The Bertz CT molecular complexity index is 1440. The molecule has 0 aliphatic carbocycles. The van der Waals surface area contributed by atoms with E-state index in [0.29, 0.717) is 29.0 Å². The van der Waals surface area contributed by atoms with E-state index in [0.717, 1.165) is 0 Å². The third-order valence-electron chi connectivity index (χ3n) is 4.75. The van der Waals surface area contributed by atoms with Crippen LogP contribution in [0.15, 0.2) is 78.0 Å². The number of primary amides is 1. The minimum absolute atomic E-state index is 0.0338. The average Bonchev–Trinajstić information content (AvgIpc) is 3.34. The number of amides is 1. The van der Waals surface area contributed by atoms with Crippen molar-refractivity contribution in [2.24, 2.45) is 5.73 Å². The molecular weight excluding hydrogens is 458 g/mol. The number of aryl methyl sites for hydroxylation is 1. The van der Waals surface area contributed by atoms with Crippen LogP contribution in [0, 0.1) is 6.92 Å². The summed E-state index contributed by atoms with van der Waals surface area (Å²) >= 11 is 0. The molecule has 0 fully saturated rings. The van der Waals surface area contributed by atoms with Crippen LogP contribution in [0.1, 0.15) is 16.2 Å². The van der Waals surface area contributed by atoms with Gasteiger partial charge in [0.15, 0.2) is 0 Å². The molecule has 174 valence electrons. The van der Waals surface area contributed by atoms with E-state index in [2.05, 4.69) is 14.7 Å². The Kier molecular flexibility index (Phi) is 6.19. The Morgan fingerprint density at radius 3 is 2.38 bits per heavy atom. The molecule has 0 aliphatic rings. The van der Waals surface area contributed by atoms with Gasteiger partial charge in [-0.3, -0.25) is 9.52 Å². The van der Waals surface area contributed by atoms with Crippen LogP contribution in [0.25, 0.3) is 5.82 Å². The molecule has 2 heterocycles. The number of hydrogen-bond donors (Lipinski definition) is 2. The number of nitrogens with zero attached hydrogens (tertiary/aromatic N) is 3. The highest BCUT2D eigenvalue weighted by Crippen LogP contribution is 2.26. The van der Waals surface area contributed by atoms with E-state index in [9.17, 15) is 13.2 Å². The van der Waals surface area contributed by atoms with Crippen molar-refractivity contribution in [2.75, 3.05) is 11.8 Å². The molecular formula is C23H21N5O5S. The predicted octanol–water partition coefficient (Wildman–Crippen LogP) is 3.28. The molecule has 4 rings (SSSR count). The van der Waals surface area contributed by atoms with Crippen molar-refractivity contribution in [3.8, 4) is 23.2 Å². The van der Waals surface area contributed by atoms with Gasteiger partial charge >= 0.3 is 0 Å². The number of methoxy groups -OCH3 is 1. The van der Waals surface area contributed by atoms with Crippen molar-refractivity contribution in [2.45, 2.75) is 11.8 Å². The van der Waals surface area contributed by atoms with Gasteiger partial charge in [0.1, 0.15) is 23.1 Å². The normalized spacial score (nSPS) is 11.1. The van der Waals surface area contributed by atoms with Crippen molar-refractivity contribution >= 4 is 21.6 Å². The second-order valence-corrected chi connectivity index (χ2v) is 8.84. The molecule has 0 radical (unpaired) electrons. The smallest absolute Gasteiger partial charge is 0.261 e. The van der Waals surface area contributed by atoms with Gasteiger partial charge in [-0.1, -0.05) is 0 Å². The molecule has 0 bridgehead atoms. The lowest BCUT2D eigenvalue weighted by atomic mass is 10.2. The molecule has 0 saturated heterocycles. The van der Waals surface area contributed by atoms with Crippen molar-refractivity contribution < 1.29 is 22.7 Å². The van der Waals surface area contributed by atoms with Crippen LogP contribution in [0.4, 0.5) is 5.69 Å². The summed E-state index contributed by atoms with van der Waals surface area (Å²) in [7, 11) is -2.62. The zero-order valence-corrected chi connectivity index (χ0v) is 19.1. The number of anilines is 1. The Morgan fingerprint density at radius 1 is 1.03 bits per heavy atom. The van der Waals surface area contributed by atoms with Crippen molar-refractivity contribution in [3.63, 3.8) is 0 Å². The first kappa shape index (κ1) is 22.8. The third kappa shape index (κ3) is 4.99. The van der Waals surface area contributed by atoms with Gasteiger partial charge in [-0.05, 0) is 61.5 Å². The fraction of sp³-hybridized carbons (Fsp3) is 0.0870. The molecule has 0 unspecified atom stereocenters. The average molecular weight is 480 g/mol. The van der Waals surface area contributed by atoms with E-state index < -0.39 is 15.9 Å². The van der Waals surface area contributed by atoms with Gasteiger partial charge in [0, 0.05) is 24.1 Å². The topological polar surface area (TPSA) is 138 Å². The number of aromatic nitrogens is 3. The van der Waals surface area contributed by atoms with E-state index in [1.165, 1.54) is 25.3 Å². The van der Waals surface area contributed by atoms with Crippen LogP contribution in [-0.4, -0.2) is 36.0 Å². The van der Waals surface area contributed by atoms with E-state index in [1.54, 1.807) is 37.3 Å². The largest absolute Gasteiger partial charge is 0.496 e. The molecule has 0 spiro atoms. The maximum Gasteiger partial charge on any atom is 0.261 e. The van der Waals surface area contributed by atoms with Crippen LogP contribution in [0.2, 0.25) is 0 Å². The second kappa shape index (κ2) is 9.24. The number of rotatable bonds is 8. The fourth-order valence-corrected chi connectivity index (χ4v) is 4.25. The highest BCUT2D eigenvalue weighted by Gasteiger charge is 2.19. The Balaban J connectivity index is 1.51. The second-order valence-electron chi connectivity index (χ2n) is 7.16. The molecule has 2 aromatic carbocycles. The molecule has 3 N–H and O–H groups in total. The quantitative estimate of drug-likeness (QED) is 0.395. The van der Waals surface area contributed by atoms with E-state index in [1.807, 2.05) is 29.1 Å². The van der Waals surface area contributed by atoms with Gasteiger partial charge < -0.3 is 19.8 Å². The third-order valence-corrected chi connectivity index (χ3v) is 6.12. The maximum atomic E-state index is 12.8. The molecule has 10 nitrogen and oxygen atoms in total. The van der Waals surface area contributed by atoms with Crippen LogP contribution >= 0.6 is 0 Å². The molecule has 1 amide bonds. The van der Waals surface area contributed by atoms with Gasteiger partial charge in [0.05, 0.1) is 17.6 Å². The first-order chi connectivity index (χ1) is 16.2. The Labute approximate surface area is 196 Å². The molecule has 0 atom stereocenters. The summed E-state index contributed by atoms with van der Waals surface area (Å²) in [6.07, 6.45) is 3.73. The molecule has 11 heteroatoms. The van der Waals surface area contributed by atoms with Gasteiger partial charge in [0.25, 0.3) is 15.9 Å². The fourth-order valence-electron chi connectivity index (χ4n) is 3.17. The van der Waals surface area contributed by atoms with Gasteiger partial charge in [-0.2, -0.15) is 4.98 Å². The number of ether oxygens (including phenoxy) is 2. The predicted molar refractivity (Wildman–Crippen MR) is 125 cm³/mol. The van der Waals surface area contributed by atoms with Crippen LogP contribution in [0.5, 0.6) is 17.4 Å². The summed E-state index contributed by atoms with van der Waals surface area (Å²) in [6, 6.07) is 15.6. The highest BCUT2D eigenvalue weighted by molar-refractivity contribution is 7.92. The summed E-state index contributed by atoms with van der Waals surface area (Å²) in [6.45, 7) is 1.76. The van der Waals surface area contributed by atoms with Crippen molar-refractivity contribution in [3.05, 3.63) is 84.4 Å². The molecule has 2 aromatic heterocycles. The monoisotopic (exact) mass is 479 g/mol. The highest BCUT2D eigenvalue weighted by atomic mass is 32.2. The van der Waals surface area contributed by atoms with E-state index in [4.69, 9.17) is 15.2 Å². The number of hydrogen-bond acceptors (Lipinski definition) is 7. The summed E-state index contributed by atoms with van der Waals surface area (Å²) in [5, 5.41) is 0. The lowest BCUT2D eigenvalue weighted by Gasteiger charge is -2.12. The lowest BCUT2D eigenvalue weighted by molar-refractivity contribution is 0.0997. The Morgan fingerprint density at radius 2 is 1.74 bits per heavy atom.